The molecular formula is C19H17ClN2O4. The van der Waals surface area contributed by atoms with Crippen LogP contribution in [0, 0.1) is 6.92 Å². The molecule has 1 heterocycles. The lowest BCUT2D eigenvalue weighted by atomic mass is 10.2. The highest BCUT2D eigenvalue weighted by Gasteiger charge is 2.19. The van der Waals surface area contributed by atoms with E-state index in [1.54, 1.807) is 25.1 Å². The van der Waals surface area contributed by atoms with Crippen molar-refractivity contribution in [2.45, 2.75) is 20.0 Å². The Morgan fingerprint density at radius 3 is 2.69 bits per heavy atom. The number of benzene rings is 2. The van der Waals surface area contributed by atoms with Gasteiger partial charge in [0, 0.05) is 10.6 Å². The Labute approximate surface area is 155 Å². The molecular weight excluding hydrogens is 356 g/mol. The van der Waals surface area contributed by atoms with Crippen LogP contribution in [0.4, 0.5) is 0 Å². The third kappa shape index (κ3) is 4.40. The van der Waals surface area contributed by atoms with Gasteiger partial charge in [-0.1, -0.05) is 29.8 Å². The number of carbonyl (C=O) groups excluding carboxylic acids is 1. The van der Waals surface area contributed by atoms with E-state index in [1.807, 2.05) is 37.3 Å². The fraction of sp³-hybridized carbons (Fsp3) is 0.211. The molecule has 26 heavy (non-hydrogen) atoms. The number of hydrogen-bond acceptors (Lipinski definition) is 6. The Morgan fingerprint density at radius 1 is 1.19 bits per heavy atom. The number of carbonyl (C=O) groups is 1. The molecule has 0 radical (unpaired) electrons. The summed E-state index contributed by atoms with van der Waals surface area (Å²) in [5.74, 6) is 0.630. The fourth-order valence-corrected chi connectivity index (χ4v) is 2.52. The number of aryl methyl sites for hydroxylation is 1. The van der Waals surface area contributed by atoms with E-state index < -0.39 is 12.1 Å². The van der Waals surface area contributed by atoms with Gasteiger partial charge in [-0.05, 0) is 49.7 Å². The summed E-state index contributed by atoms with van der Waals surface area (Å²) >= 11 is 5.89. The minimum absolute atomic E-state index is 0.222. The number of aromatic nitrogens is 2. The van der Waals surface area contributed by atoms with Crippen LogP contribution in [0.3, 0.4) is 0 Å². The molecule has 7 heteroatoms. The summed E-state index contributed by atoms with van der Waals surface area (Å²) in [6, 6.07) is 14.5. The maximum Gasteiger partial charge on any atom is 0.344 e. The Bertz CT molecular complexity index is 896. The van der Waals surface area contributed by atoms with E-state index in [1.165, 1.54) is 0 Å². The van der Waals surface area contributed by atoms with Crippen LogP contribution in [0.15, 0.2) is 52.9 Å². The van der Waals surface area contributed by atoms with Crippen molar-refractivity contribution in [2.75, 3.05) is 6.61 Å². The SMILES string of the molecule is Cc1cc(Cl)ccc1OCC(=O)O[C@H](C)c1nnc(-c2ccccc2)o1. The van der Waals surface area contributed by atoms with E-state index >= 15 is 0 Å². The molecule has 0 saturated carbocycles. The topological polar surface area (TPSA) is 74.5 Å². The number of nitrogens with zero attached hydrogens (tertiary/aromatic N) is 2. The van der Waals surface area contributed by atoms with Gasteiger partial charge in [0.25, 0.3) is 5.89 Å². The van der Waals surface area contributed by atoms with Gasteiger partial charge in [0.1, 0.15) is 5.75 Å². The lowest BCUT2D eigenvalue weighted by Gasteiger charge is -2.11. The number of ether oxygens (including phenoxy) is 2. The van der Waals surface area contributed by atoms with Gasteiger partial charge in [0.15, 0.2) is 12.7 Å². The summed E-state index contributed by atoms with van der Waals surface area (Å²) in [5.41, 5.74) is 1.63. The summed E-state index contributed by atoms with van der Waals surface area (Å²) in [7, 11) is 0. The average molecular weight is 373 g/mol. The fourth-order valence-electron chi connectivity index (χ4n) is 2.29. The Balaban J connectivity index is 1.57. The molecule has 3 rings (SSSR count). The second kappa shape index (κ2) is 8.01. The first kappa shape index (κ1) is 17.9. The molecule has 6 nitrogen and oxygen atoms in total. The second-order valence-corrected chi connectivity index (χ2v) is 6.08. The van der Waals surface area contributed by atoms with Gasteiger partial charge in [0.05, 0.1) is 0 Å². The van der Waals surface area contributed by atoms with Crippen LogP contribution in [0.2, 0.25) is 5.02 Å². The maximum atomic E-state index is 12.0. The maximum absolute atomic E-state index is 12.0. The van der Waals surface area contributed by atoms with E-state index in [0.717, 1.165) is 11.1 Å². The summed E-state index contributed by atoms with van der Waals surface area (Å²) in [5, 5.41) is 8.52. The molecule has 3 aromatic rings. The molecule has 0 bridgehead atoms. The molecule has 1 atom stereocenters. The van der Waals surface area contributed by atoms with Crippen LogP contribution < -0.4 is 4.74 Å². The molecule has 0 aliphatic carbocycles. The standard InChI is InChI=1S/C19H17ClN2O4/c1-12-10-15(20)8-9-16(12)24-11-17(23)25-13(2)18-21-22-19(26-18)14-6-4-3-5-7-14/h3-10,13H,11H2,1-2H3/t13-/m1/s1. The van der Waals surface area contributed by atoms with Crippen molar-refractivity contribution in [3.63, 3.8) is 0 Å². The summed E-state index contributed by atoms with van der Waals surface area (Å²) in [4.78, 5) is 12.0. The zero-order valence-electron chi connectivity index (χ0n) is 14.3. The molecule has 0 amide bonds. The van der Waals surface area contributed by atoms with Crippen molar-refractivity contribution in [1.29, 1.82) is 0 Å². The van der Waals surface area contributed by atoms with Crippen molar-refractivity contribution in [3.8, 4) is 17.2 Å². The van der Waals surface area contributed by atoms with Gasteiger partial charge in [-0.2, -0.15) is 0 Å². The van der Waals surface area contributed by atoms with Crippen molar-refractivity contribution >= 4 is 17.6 Å². The van der Waals surface area contributed by atoms with E-state index in [4.69, 9.17) is 25.5 Å². The number of rotatable bonds is 6. The molecule has 0 fully saturated rings. The number of hydrogen-bond donors (Lipinski definition) is 0. The number of esters is 1. The van der Waals surface area contributed by atoms with Crippen LogP contribution in [-0.2, 0) is 9.53 Å². The highest BCUT2D eigenvalue weighted by atomic mass is 35.5. The molecule has 0 N–H and O–H groups in total. The zero-order chi connectivity index (χ0) is 18.5. The first-order chi connectivity index (χ1) is 12.5. The molecule has 2 aromatic carbocycles. The molecule has 0 spiro atoms. The summed E-state index contributed by atoms with van der Waals surface area (Å²) in [6.45, 7) is 3.28. The third-order valence-corrected chi connectivity index (χ3v) is 3.83. The van der Waals surface area contributed by atoms with Crippen molar-refractivity contribution in [1.82, 2.24) is 10.2 Å². The van der Waals surface area contributed by atoms with Gasteiger partial charge in [-0.3, -0.25) is 0 Å². The minimum atomic E-state index is -0.678. The van der Waals surface area contributed by atoms with Gasteiger partial charge < -0.3 is 13.9 Å². The second-order valence-electron chi connectivity index (χ2n) is 5.64. The first-order valence-electron chi connectivity index (χ1n) is 8.00. The molecule has 0 aliphatic rings. The van der Waals surface area contributed by atoms with Gasteiger partial charge in [-0.15, -0.1) is 10.2 Å². The van der Waals surface area contributed by atoms with Crippen LogP contribution in [-0.4, -0.2) is 22.8 Å². The molecule has 0 unspecified atom stereocenters. The largest absolute Gasteiger partial charge is 0.482 e. The Morgan fingerprint density at radius 2 is 1.96 bits per heavy atom. The Kier molecular flexibility index (Phi) is 5.53. The first-order valence-corrected chi connectivity index (χ1v) is 8.38. The van der Waals surface area contributed by atoms with E-state index in [2.05, 4.69) is 10.2 Å². The van der Waals surface area contributed by atoms with E-state index in [0.29, 0.717) is 16.7 Å². The predicted octanol–water partition coefficient (Wildman–Crippen LogP) is 4.38. The van der Waals surface area contributed by atoms with Crippen LogP contribution in [0.25, 0.3) is 11.5 Å². The van der Waals surface area contributed by atoms with Crippen molar-refractivity contribution < 1.29 is 18.7 Å². The van der Waals surface area contributed by atoms with E-state index in [9.17, 15) is 4.79 Å². The van der Waals surface area contributed by atoms with Crippen molar-refractivity contribution in [2.24, 2.45) is 0 Å². The minimum Gasteiger partial charge on any atom is -0.482 e. The van der Waals surface area contributed by atoms with Gasteiger partial charge >= 0.3 is 5.97 Å². The lowest BCUT2D eigenvalue weighted by molar-refractivity contribution is -0.152. The lowest BCUT2D eigenvalue weighted by Crippen LogP contribution is -2.17. The monoisotopic (exact) mass is 372 g/mol. The number of halogens is 1. The predicted molar refractivity (Wildman–Crippen MR) is 95.9 cm³/mol. The molecule has 1 aromatic heterocycles. The average Bonchev–Trinajstić information content (AvgIpc) is 3.12. The highest BCUT2D eigenvalue weighted by Crippen LogP contribution is 2.23. The van der Waals surface area contributed by atoms with E-state index in [-0.39, 0.29) is 12.5 Å². The van der Waals surface area contributed by atoms with Crippen LogP contribution in [0.1, 0.15) is 24.5 Å². The normalized spacial score (nSPS) is 11.8. The molecule has 0 saturated heterocycles. The summed E-state index contributed by atoms with van der Waals surface area (Å²) < 4.78 is 16.3. The molecule has 134 valence electrons. The van der Waals surface area contributed by atoms with Crippen molar-refractivity contribution in [3.05, 3.63) is 65.0 Å². The quantitative estimate of drug-likeness (QED) is 0.598. The smallest absolute Gasteiger partial charge is 0.344 e. The van der Waals surface area contributed by atoms with Gasteiger partial charge in [-0.25, -0.2) is 4.79 Å². The van der Waals surface area contributed by atoms with Crippen LogP contribution >= 0.6 is 11.6 Å². The summed E-state index contributed by atoms with van der Waals surface area (Å²) in [6.07, 6.45) is -0.678. The zero-order valence-corrected chi connectivity index (χ0v) is 15.1. The molecule has 0 aliphatic heterocycles. The van der Waals surface area contributed by atoms with Crippen LogP contribution in [0.5, 0.6) is 5.75 Å². The Hall–Kier alpha value is -2.86. The highest BCUT2D eigenvalue weighted by molar-refractivity contribution is 6.30. The van der Waals surface area contributed by atoms with Gasteiger partial charge in [0.2, 0.25) is 5.89 Å². The third-order valence-electron chi connectivity index (χ3n) is 3.60.